The quantitative estimate of drug-likeness (QED) is 0.364. The number of aromatic nitrogens is 2. The SMILES string of the molecule is CCn1c(C(=O)NS(=O)(=O)c2cccc(CS(C)(=O)=O)c2)c(-c2ccc[nH]c2=O)c2cc(Cl)ccc21. The van der Waals surface area contributed by atoms with Crippen molar-refractivity contribution < 1.29 is 21.6 Å². The van der Waals surface area contributed by atoms with Gasteiger partial charge in [-0.3, -0.25) is 9.59 Å². The first kappa shape index (κ1) is 25.7. The fraction of sp³-hybridized carbons (Fsp3) is 0.167. The van der Waals surface area contributed by atoms with Gasteiger partial charge in [0, 0.05) is 46.0 Å². The molecular weight excluding hydrogens is 526 g/mol. The summed E-state index contributed by atoms with van der Waals surface area (Å²) in [5.41, 5.74) is 0.796. The molecule has 9 nitrogen and oxygen atoms in total. The Bertz CT molecular complexity index is 1770. The van der Waals surface area contributed by atoms with E-state index in [1.807, 2.05) is 0 Å². The van der Waals surface area contributed by atoms with Gasteiger partial charge in [0.1, 0.15) is 5.69 Å². The second-order valence-corrected chi connectivity index (χ2v) is 12.5. The van der Waals surface area contributed by atoms with E-state index in [4.69, 9.17) is 11.6 Å². The van der Waals surface area contributed by atoms with Gasteiger partial charge in [0.15, 0.2) is 9.84 Å². The second kappa shape index (κ2) is 9.57. The van der Waals surface area contributed by atoms with E-state index in [-0.39, 0.29) is 33.0 Å². The number of fused-ring (bicyclic) bond motifs is 1. The summed E-state index contributed by atoms with van der Waals surface area (Å²) in [4.78, 5) is 28.5. The molecular formula is C24H22ClN3O6S2. The molecule has 188 valence electrons. The molecule has 0 bridgehead atoms. The summed E-state index contributed by atoms with van der Waals surface area (Å²) in [6.07, 6.45) is 2.49. The van der Waals surface area contributed by atoms with Crippen LogP contribution in [0.4, 0.5) is 0 Å². The molecule has 1 amide bonds. The molecule has 2 heterocycles. The molecule has 2 aromatic heterocycles. The van der Waals surface area contributed by atoms with Crippen molar-refractivity contribution in [1.82, 2.24) is 14.3 Å². The summed E-state index contributed by atoms with van der Waals surface area (Å²) in [6, 6.07) is 13.4. The van der Waals surface area contributed by atoms with Crippen LogP contribution >= 0.6 is 11.6 Å². The molecule has 0 atom stereocenters. The second-order valence-electron chi connectivity index (χ2n) is 8.19. The predicted octanol–water partition coefficient (Wildman–Crippen LogP) is 3.33. The number of rotatable bonds is 7. The van der Waals surface area contributed by atoms with E-state index in [1.165, 1.54) is 36.5 Å². The molecule has 0 aliphatic rings. The third-order valence-electron chi connectivity index (χ3n) is 5.51. The molecule has 2 N–H and O–H groups in total. The highest BCUT2D eigenvalue weighted by molar-refractivity contribution is 7.90. The van der Waals surface area contributed by atoms with Crippen molar-refractivity contribution in [2.75, 3.05) is 6.26 Å². The summed E-state index contributed by atoms with van der Waals surface area (Å²) in [5, 5.41) is 0.894. The van der Waals surface area contributed by atoms with Gasteiger partial charge in [-0.1, -0.05) is 23.7 Å². The van der Waals surface area contributed by atoms with Gasteiger partial charge in [0.2, 0.25) is 0 Å². The number of nitrogens with one attached hydrogen (secondary N) is 2. The summed E-state index contributed by atoms with van der Waals surface area (Å²) in [5.74, 6) is -1.30. The maximum atomic E-state index is 13.5. The number of carbonyl (C=O) groups is 1. The Morgan fingerprint density at radius 3 is 2.47 bits per heavy atom. The van der Waals surface area contributed by atoms with Gasteiger partial charge in [0.05, 0.1) is 10.6 Å². The lowest BCUT2D eigenvalue weighted by atomic mass is 10.0. The van der Waals surface area contributed by atoms with Crippen LogP contribution < -0.4 is 10.3 Å². The topological polar surface area (TPSA) is 135 Å². The zero-order valence-electron chi connectivity index (χ0n) is 19.3. The van der Waals surface area contributed by atoms with Crippen LogP contribution in [0.5, 0.6) is 0 Å². The van der Waals surface area contributed by atoms with Crippen molar-refractivity contribution in [3.05, 3.63) is 87.4 Å². The third-order valence-corrected chi connectivity index (χ3v) is 7.93. The highest BCUT2D eigenvalue weighted by Crippen LogP contribution is 2.35. The van der Waals surface area contributed by atoms with Crippen LogP contribution in [0.15, 0.2) is 70.5 Å². The number of amides is 1. The van der Waals surface area contributed by atoms with Gasteiger partial charge in [0.25, 0.3) is 21.5 Å². The van der Waals surface area contributed by atoms with Crippen molar-refractivity contribution in [2.45, 2.75) is 24.1 Å². The maximum absolute atomic E-state index is 13.5. The molecule has 0 saturated heterocycles. The molecule has 4 rings (SSSR count). The van der Waals surface area contributed by atoms with Crippen LogP contribution in [0, 0.1) is 0 Å². The van der Waals surface area contributed by atoms with Crippen LogP contribution in [0.2, 0.25) is 5.02 Å². The summed E-state index contributed by atoms with van der Waals surface area (Å²) in [7, 11) is -7.79. The summed E-state index contributed by atoms with van der Waals surface area (Å²) < 4.78 is 53.3. The number of pyridine rings is 1. The Kier molecular flexibility index (Phi) is 6.82. The fourth-order valence-electron chi connectivity index (χ4n) is 4.12. The van der Waals surface area contributed by atoms with Crippen molar-refractivity contribution >= 4 is 48.3 Å². The van der Waals surface area contributed by atoms with E-state index < -0.39 is 31.3 Å². The smallest absolute Gasteiger partial charge is 0.282 e. The number of sulfonamides is 1. The first-order valence-electron chi connectivity index (χ1n) is 10.7. The predicted molar refractivity (Wildman–Crippen MR) is 138 cm³/mol. The van der Waals surface area contributed by atoms with E-state index in [1.54, 1.807) is 35.8 Å². The van der Waals surface area contributed by atoms with Gasteiger partial charge in [-0.25, -0.2) is 21.6 Å². The largest absolute Gasteiger partial charge is 0.336 e. The van der Waals surface area contributed by atoms with E-state index in [0.717, 1.165) is 6.26 Å². The molecule has 0 unspecified atom stereocenters. The van der Waals surface area contributed by atoms with Crippen LogP contribution in [0.3, 0.4) is 0 Å². The lowest BCUT2D eigenvalue weighted by molar-refractivity contribution is 0.0973. The molecule has 0 aliphatic carbocycles. The van der Waals surface area contributed by atoms with Gasteiger partial charge < -0.3 is 9.55 Å². The van der Waals surface area contributed by atoms with E-state index >= 15 is 0 Å². The lowest BCUT2D eigenvalue weighted by Crippen LogP contribution is -2.32. The number of halogens is 1. The molecule has 0 aliphatic heterocycles. The van der Waals surface area contributed by atoms with Gasteiger partial charge >= 0.3 is 0 Å². The van der Waals surface area contributed by atoms with E-state index in [0.29, 0.717) is 22.5 Å². The van der Waals surface area contributed by atoms with Crippen LogP contribution in [-0.4, -0.2) is 38.5 Å². The molecule has 2 aromatic carbocycles. The van der Waals surface area contributed by atoms with Crippen molar-refractivity contribution in [3.63, 3.8) is 0 Å². The van der Waals surface area contributed by atoms with Crippen LogP contribution in [-0.2, 0) is 32.2 Å². The number of aromatic amines is 1. The molecule has 0 fully saturated rings. The van der Waals surface area contributed by atoms with Crippen LogP contribution in [0.25, 0.3) is 22.0 Å². The molecule has 0 radical (unpaired) electrons. The average Bonchev–Trinajstić information content (AvgIpc) is 3.11. The Morgan fingerprint density at radius 2 is 1.81 bits per heavy atom. The van der Waals surface area contributed by atoms with Crippen molar-refractivity contribution in [3.8, 4) is 11.1 Å². The van der Waals surface area contributed by atoms with Crippen molar-refractivity contribution in [1.29, 1.82) is 0 Å². The van der Waals surface area contributed by atoms with Gasteiger partial charge in [-0.05, 0) is 55.0 Å². The highest BCUT2D eigenvalue weighted by Gasteiger charge is 2.28. The average molecular weight is 548 g/mol. The number of carbonyl (C=O) groups excluding carboxylic acids is 1. The first-order valence-corrected chi connectivity index (χ1v) is 14.7. The minimum Gasteiger partial charge on any atom is -0.336 e. The molecule has 12 heteroatoms. The van der Waals surface area contributed by atoms with Gasteiger partial charge in [-0.2, -0.15) is 0 Å². The highest BCUT2D eigenvalue weighted by atomic mass is 35.5. The summed E-state index contributed by atoms with van der Waals surface area (Å²) >= 11 is 6.21. The minimum atomic E-state index is -4.39. The number of aryl methyl sites for hydroxylation is 1. The zero-order valence-corrected chi connectivity index (χ0v) is 21.7. The summed E-state index contributed by atoms with van der Waals surface area (Å²) in [6.45, 7) is 2.09. The Morgan fingerprint density at radius 1 is 1.06 bits per heavy atom. The zero-order chi connectivity index (χ0) is 26.3. The van der Waals surface area contributed by atoms with Crippen molar-refractivity contribution in [2.24, 2.45) is 0 Å². The molecule has 36 heavy (non-hydrogen) atoms. The molecule has 4 aromatic rings. The number of H-pyrrole nitrogens is 1. The fourth-order valence-corrected chi connectivity index (χ4v) is 6.10. The van der Waals surface area contributed by atoms with E-state index in [9.17, 15) is 26.4 Å². The van der Waals surface area contributed by atoms with Gasteiger partial charge in [-0.15, -0.1) is 0 Å². The Labute approximate surface area is 212 Å². The minimum absolute atomic E-state index is 0.0256. The standard InChI is InChI=1S/C24H22ClN3O6S2/c1-3-28-20-10-9-16(25)13-19(20)21(18-8-5-11-26-23(18)29)22(28)24(30)27-36(33,34)17-7-4-6-15(12-17)14-35(2,31)32/h4-13H,3,14H2,1-2H3,(H,26,29)(H,27,30). The molecule has 0 saturated carbocycles. The third kappa shape index (κ3) is 5.08. The number of nitrogens with zero attached hydrogens (tertiary/aromatic N) is 1. The number of benzene rings is 2. The number of hydrogen-bond donors (Lipinski definition) is 2. The Hall–Kier alpha value is -3.41. The number of sulfone groups is 1. The monoisotopic (exact) mass is 547 g/mol. The Balaban J connectivity index is 1.87. The first-order chi connectivity index (χ1) is 16.9. The normalized spacial score (nSPS) is 12.1. The number of hydrogen-bond acceptors (Lipinski definition) is 6. The maximum Gasteiger partial charge on any atom is 0.282 e. The lowest BCUT2D eigenvalue weighted by Gasteiger charge is -2.12. The van der Waals surface area contributed by atoms with Crippen LogP contribution in [0.1, 0.15) is 23.0 Å². The van der Waals surface area contributed by atoms with E-state index in [2.05, 4.69) is 9.71 Å². The molecule has 0 spiro atoms.